The van der Waals surface area contributed by atoms with E-state index in [9.17, 15) is 4.79 Å². The van der Waals surface area contributed by atoms with Gasteiger partial charge >= 0.3 is 0 Å². The minimum absolute atomic E-state index is 0.0710. The van der Waals surface area contributed by atoms with E-state index >= 15 is 0 Å². The number of carbonyl (C=O) groups excluding carboxylic acids is 1. The third kappa shape index (κ3) is 3.19. The third-order valence-corrected chi connectivity index (χ3v) is 6.22. The molecule has 4 fully saturated rings. The summed E-state index contributed by atoms with van der Waals surface area (Å²) in [7, 11) is 1.65. The summed E-state index contributed by atoms with van der Waals surface area (Å²) >= 11 is 0. The average molecular weight is 326 g/mol. The van der Waals surface area contributed by atoms with E-state index in [1.807, 2.05) is 24.3 Å². The Bertz CT molecular complexity index is 600. The molecule has 4 nitrogen and oxygen atoms in total. The predicted molar refractivity (Wildman–Crippen MR) is 94.0 cm³/mol. The van der Waals surface area contributed by atoms with Crippen molar-refractivity contribution in [1.29, 1.82) is 0 Å². The smallest absolute Gasteiger partial charge is 0.240 e. The fraction of sp³-hybridized carbons (Fsp3) is 0.600. The summed E-state index contributed by atoms with van der Waals surface area (Å²) in [6, 6.07) is 7.62. The summed E-state index contributed by atoms with van der Waals surface area (Å²) < 4.78 is 5.13. The van der Waals surface area contributed by atoms with Crippen LogP contribution in [0.5, 0.6) is 5.75 Å². The minimum Gasteiger partial charge on any atom is -0.497 e. The van der Waals surface area contributed by atoms with Gasteiger partial charge in [0.15, 0.2) is 0 Å². The number of carbonyl (C=O) groups is 1. The Kier molecular flexibility index (Phi) is 4.07. The van der Waals surface area contributed by atoms with Gasteiger partial charge in [-0.1, -0.05) is 0 Å². The van der Waals surface area contributed by atoms with Gasteiger partial charge in [0.05, 0.1) is 13.3 Å². The van der Waals surface area contributed by atoms with Crippen LogP contribution in [0.25, 0.3) is 0 Å². The maximum atomic E-state index is 12.4. The van der Waals surface area contributed by atoms with Crippen LogP contribution in [0.3, 0.4) is 0 Å². The maximum Gasteiger partial charge on any atom is 0.240 e. The number of hydrogen-bond donors (Lipinski definition) is 1. The van der Waals surface area contributed by atoms with E-state index < -0.39 is 0 Å². The Morgan fingerprint density at radius 2 is 1.75 bits per heavy atom. The molecular weight excluding hydrogens is 300 g/mol. The second kappa shape index (κ2) is 6.23. The Balaban J connectivity index is 1.32. The summed E-state index contributed by atoms with van der Waals surface area (Å²) in [6.07, 6.45) is 10.4. The monoisotopic (exact) mass is 326 g/mol. The first kappa shape index (κ1) is 15.7. The number of ether oxygens (including phenoxy) is 1. The van der Waals surface area contributed by atoms with Crippen LogP contribution in [-0.4, -0.2) is 19.2 Å². The van der Waals surface area contributed by atoms with Gasteiger partial charge in [0.2, 0.25) is 5.91 Å². The quantitative estimate of drug-likeness (QED) is 0.662. The molecule has 1 aromatic carbocycles. The van der Waals surface area contributed by atoms with Gasteiger partial charge in [0.25, 0.3) is 0 Å². The van der Waals surface area contributed by atoms with Crippen molar-refractivity contribution >= 4 is 12.1 Å². The van der Waals surface area contributed by atoms with Crippen molar-refractivity contribution < 1.29 is 9.53 Å². The molecule has 4 saturated carbocycles. The zero-order valence-corrected chi connectivity index (χ0v) is 14.3. The number of hydrazone groups is 1. The fourth-order valence-electron chi connectivity index (χ4n) is 5.76. The number of methoxy groups -OCH3 is 1. The molecule has 0 radical (unpaired) electrons. The average Bonchev–Trinajstić information content (AvgIpc) is 2.53. The molecular formula is C20H26N2O2. The van der Waals surface area contributed by atoms with Crippen LogP contribution in [0.1, 0.15) is 50.5 Å². The Labute approximate surface area is 143 Å². The summed E-state index contributed by atoms with van der Waals surface area (Å²) in [5.74, 6) is 3.53. The van der Waals surface area contributed by atoms with Gasteiger partial charge in [-0.2, -0.15) is 5.10 Å². The first-order chi connectivity index (χ1) is 11.6. The molecule has 4 bridgehead atoms. The fourth-order valence-corrected chi connectivity index (χ4v) is 5.76. The predicted octanol–water partition coefficient (Wildman–Crippen LogP) is 3.75. The first-order valence-corrected chi connectivity index (χ1v) is 9.10. The van der Waals surface area contributed by atoms with E-state index in [4.69, 9.17) is 4.74 Å². The normalized spacial score (nSPS) is 33.8. The number of hydrogen-bond acceptors (Lipinski definition) is 3. The zero-order chi connectivity index (χ0) is 16.6. The van der Waals surface area contributed by atoms with Crippen LogP contribution in [0, 0.1) is 23.2 Å². The van der Waals surface area contributed by atoms with Crippen molar-refractivity contribution in [3.05, 3.63) is 29.8 Å². The Hall–Kier alpha value is -1.84. The molecule has 128 valence electrons. The SMILES string of the molecule is COc1ccc(/C=N\NC(=O)CC23CC4CC(CC(C4)C2)C3)cc1. The lowest BCUT2D eigenvalue weighted by atomic mass is 9.49. The lowest BCUT2D eigenvalue weighted by Gasteiger charge is -2.56. The van der Waals surface area contributed by atoms with E-state index in [0.717, 1.165) is 29.1 Å². The molecule has 5 rings (SSSR count). The van der Waals surface area contributed by atoms with Crippen LogP contribution in [0.4, 0.5) is 0 Å². The van der Waals surface area contributed by atoms with Crippen molar-refractivity contribution in [2.45, 2.75) is 44.9 Å². The highest BCUT2D eigenvalue weighted by atomic mass is 16.5. The largest absolute Gasteiger partial charge is 0.497 e. The Morgan fingerprint density at radius 1 is 1.17 bits per heavy atom. The molecule has 0 saturated heterocycles. The summed E-state index contributed by atoms with van der Waals surface area (Å²) in [5, 5.41) is 4.13. The molecule has 4 heteroatoms. The Morgan fingerprint density at radius 3 is 2.29 bits per heavy atom. The number of amides is 1. The van der Waals surface area contributed by atoms with Gasteiger partial charge < -0.3 is 4.74 Å². The van der Waals surface area contributed by atoms with Crippen molar-refractivity contribution in [3.8, 4) is 5.75 Å². The van der Waals surface area contributed by atoms with E-state index in [1.165, 1.54) is 38.5 Å². The third-order valence-electron chi connectivity index (χ3n) is 6.22. The van der Waals surface area contributed by atoms with Gasteiger partial charge in [-0.25, -0.2) is 5.43 Å². The lowest BCUT2D eigenvalue weighted by Crippen LogP contribution is -2.47. The van der Waals surface area contributed by atoms with Crippen molar-refractivity contribution in [3.63, 3.8) is 0 Å². The van der Waals surface area contributed by atoms with Crippen LogP contribution in [0.2, 0.25) is 0 Å². The number of nitrogens with one attached hydrogen (secondary N) is 1. The van der Waals surface area contributed by atoms with Gasteiger partial charge in [0.1, 0.15) is 5.75 Å². The van der Waals surface area contributed by atoms with E-state index in [2.05, 4.69) is 10.5 Å². The number of nitrogens with zero attached hydrogens (tertiary/aromatic N) is 1. The van der Waals surface area contributed by atoms with Gasteiger partial charge in [-0.05, 0) is 91.5 Å². The van der Waals surface area contributed by atoms with E-state index in [0.29, 0.717) is 6.42 Å². The van der Waals surface area contributed by atoms with E-state index in [-0.39, 0.29) is 11.3 Å². The first-order valence-electron chi connectivity index (χ1n) is 9.10. The standard InChI is InChI=1S/C20H26N2O2/c1-24-18-4-2-14(3-5-18)13-21-22-19(23)12-20-9-15-6-16(10-20)8-17(7-15)11-20/h2-5,13,15-17H,6-12H2,1H3,(H,22,23)/b21-13-. The molecule has 0 unspecified atom stereocenters. The zero-order valence-electron chi connectivity index (χ0n) is 14.3. The molecule has 1 aromatic rings. The van der Waals surface area contributed by atoms with Gasteiger partial charge in [-0.15, -0.1) is 0 Å². The molecule has 0 spiro atoms. The van der Waals surface area contributed by atoms with E-state index in [1.54, 1.807) is 13.3 Å². The van der Waals surface area contributed by atoms with Crippen LogP contribution < -0.4 is 10.2 Å². The lowest BCUT2D eigenvalue weighted by molar-refractivity contribution is -0.129. The van der Waals surface area contributed by atoms with Gasteiger partial charge in [0, 0.05) is 6.42 Å². The number of rotatable bonds is 5. The second-order valence-electron chi connectivity index (χ2n) is 8.16. The minimum atomic E-state index is 0.0710. The highest BCUT2D eigenvalue weighted by Crippen LogP contribution is 2.61. The summed E-state index contributed by atoms with van der Waals surface area (Å²) in [5.41, 5.74) is 3.96. The summed E-state index contributed by atoms with van der Waals surface area (Å²) in [4.78, 5) is 12.4. The topological polar surface area (TPSA) is 50.7 Å². The van der Waals surface area contributed by atoms with Crippen LogP contribution in [-0.2, 0) is 4.79 Å². The molecule has 4 aliphatic carbocycles. The molecule has 0 aromatic heterocycles. The molecule has 0 aliphatic heterocycles. The molecule has 0 atom stereocenters. The van der Waals surface area contributed by atoms with Gasteiger partial charge in [-0.3, -0.25) is 4.79 Å². The van der Waals surface area contributed by atoms with Crippen molar-refractivity contribution in [2.24, 2.45) is 28.3 Å². The molecule has 1 amide bonds. The number of benzene rings is 1. The molecule has 4 aliphatic rings. The molecule has 24 heavy (non-hydrogen) atoms. The summed E-state index contributed by atoms with van der Waals surface area (Å²) in [6.45, 7) is 0. The highest BCUT2D eigenvalue weighted by molar-refractivity contribution is 5.82. The van der Waals surface area contributed by atoms with Crippen LogP contribution in [0.15, 0.2) is 29.4 Å². The molecule has 1 N–H and O–H groups in total. The van der Waals surface area contributed by atoms with Crippen LogP contribution >= 0.6 is 0 Å². The highest BCUT2D eigenvalue weighted by Gasteiger charge is 2.51. The van der Waals surface area contributed by atoms with Crippen molar-refractivity contribution in [1.82, 2.24) is 5.43 Å². The second-order valence-corrected chi connectivity index (χ2v) is 8.16. The maximum absolute atomic E-state index is 12.4. The van der Waals surface area contributed by atoms with Crippen molar-refractivity contribution in [2.75, 3.05) is 7.11 Å². The molecule has 0 heterocycles.